The highest BCUT2D eigenvalue weighted by Crippen LogP contribution is 2.28. The maximum atomic E-state index is 12.9. The van der Waals surface area contributed by atoms with Crippen LogP contribution in [0, 0.1) is 12.8 Å². The Labute approximate surface area is 176 Å². The summed E-state index contributed by atoms with van der Waals surface area (Å²) in [5.41, 5.74) is 1.50. The quantitative estimate of drug-likeness (QED) is 0.666. The topological polar surface area (TPSA) is 84.2 Å². The van der Waals surface area contributed by atoms with Crippen LogP contribution in [0.4, 0.5) is 0 Å². The van der Waals surface area contributed by atoms with Gasteiger partial charge in [-0.3, -0.25) is 9.59 Å². The molecule has 1 aromatic carbocycles. The number of hydrogen-bond acceptors (Lipinski definition) is 5. The summed E-state index contributed by atoms with van der Waals surface area (Å²) >= 11 is 1.56. The lowest BCUT2D eigenvalue weighted by atomic mass is 9.85. The van der Waals surface area contributed by atoms with Crippen LogP contribution in [0.2, 0.25) is 0 Å². The summed E-state index contributed by atoms with van der Waals surface area (Å²) in [5.74, 6) is 1.38. The number of thioether (sulfide) groups is 1. The molecular formula is C22H29N3O3S. The predicted molar refractivity (Wildman–Crippen MR) is 114 cm³/mol. The minimum atomic E-state index is -0.0863. The molecule has 0 aliphatic heterocycles. The number of rotatable bonds is 7. The molecule has 2 aromatic rings. The molecule has 2 N–H and O–H groups in total. The fourth-order valence-corrected chi connectivity index (χ4v) is 4.56. The minimum Gasteiger partial charge on any atom is -0.360 e. The van der Waals surface area contributed by atoms with Crippen LogP contribution in [0.15, 0.2) is 39.8 Å². The Morgan fingerprint density at radius 2 is 2.07 bits per heavy atom. The fraction of sp³-hybridized carbons (Fsp3) is 0.500. The van der Waals surface area contributed by atoms with Gasteiger partial charge in [-0.1, -0.05) is 23.7 Å². The molecule has 1 fully saturated rings. The zero-order valence-electron chi connectivity index (χ0n) is 17.2. The molecule has 2 unspecified atom stereocenters. The largest absolute Gasteiger partial charge is 0.360 e. The van der Waals surface area contributed by atoms with Gasteiger partial charge in [-0.2, -0.15) is 0 Å². The number of aromatic nitrogens is 1. The third-order valence-electron chi connectivity index (χ3n) is 4.99. The molecule has 1 aromatic heterocycles. The standard InChI is InChI=1S/C22H29N3O3S/c1-14(2)23-21(26)16-7-6-8-17(12-16)24-22(27)19-9-4-5-10-20(19)29-13-18-11-15(3)25-28-18/h4-5,9-11,14,16-17H,6-8,12-13H2,1-3H3,(H,23,26)(H,24,27). The molecule has 0 saturated heterocycles. The van der Waals surface area contributed by atoms with Gasteiger partial charge in [-0.25, -0.2) is 0 Å². The molecule has 7 heteroatoms. The lowest BCUT2D eigenvalue weighted by Crippen LogP contribution is -2.43. The van der Waals surface area contributed by atoms with Crippen LogP contribution >= 0.6 is 11.8 Å². The van der Waals surface area contributed by atoms with Crippen molar-refractivity contribution in [2.24, 2.45) is 5.92 Å². The molecule has 2 amide bonds. The Bertz CT molecular complexity index is 849. The predicted octanol–water partition coefficient (Wildman–Crippen LogP) is 4.09. The molecule has 1 heterocycles. The number of amides is 2. The first-order valence-electron chi connectivity index (χ1n) is 10.2. The summed E-state index contributed by atoms with van der Waals surface area (Å²) in [5, 5.41) is 10.0. The summed E-state index contributed by atoms with van der Waals surface area (Å²) in [6.45, 7) is 5.82. The summed E-state index contributed by atoms with van der Waals surface area (Å²) in [6.07, 6.45) is 3.43. The van der Waals surface area contributed by atoms with Gasteiger partial charge in [0.15, 0.2) is 0 Å². The first-order valence-corrected chi connectivity index (χ1v) is 11.2. The Hall–Kier alpha value is -2.28. The normalized spacial score (nSPS) is 19.2. The van der Waals surface area contributed by atoms with E-state index in [1.54, 1.807) is 11.8 Å². The van der Waals surface area contributed by atoms with Gasteiger partial charge in [0.05, 0.1) is 17.0 Å². The summed E-state index contributed by atoms with van der Waals surface area (Å²) in [4.78, 5) is 26.2. The molecule has 6 nitrogen and oxygen atoms in total. The first-order chi connectivity index (χ1) is 13.9. The number of hydrogen-bond donors (Lipinski definition) is 2. The van der Waals surface area contributed by atoms with Gasteiger partial charge in [-0.05, 0) is 52.2 Å². The zero-order chi connectivity index (χ0) is 20.8. The fourth-order valence-electron chi connectivity index (χ4n) is 3.64. The lowest BCUT2D eigenvalue weighted by molar-refractivity contribution is -0.126. The Morgan fingerprint density at radius 3 is 2.79 bits per heavy atom. The van der Waals surface area contributed by atoms with E-state index < -0.39 is 0 Å². The van der Waals surface area contributed by atoms with Crippen molar-refractivity contribution in [1.82, 2.24) is 15.8 Å². The number of carbonyl (C=O) groups excluding carboxylic acids is 2. The highest BCUT2D eigenvalue weighted by Gasteiger charge is 2.29. The zero-order valence-corrected chi connectivity index (χ0v) is 18.1. The van der Waals surface area contributed by atoms with Crippen LogP contribution in [0.1, 0.15) is 61.3 Å². The number of benzene rings is 1. The molecule has 156 valence electrons. The van der Waals surface area contributed by atoms with E-state index in [1.807, 2.05) is 51.1 Å². The average Bonchev–Trinajstić information content (AvgIpc) is 3.11. The van der Waals surface area contributed by atoms with Crippen LogP contribution in [0.25, 0.3) is 0 Å². The van der Waals surface area contributed by atoms with E-state index >= 15 is 0 Å². The van der Waals surface area contributed by atoms with Crippen LogP contribution in [-0.2, 0) is 10.5 Å². The first kappa shape index (κ1) is 21.4. The Balaban J connectivity index is 1.61. The SMILES string of the molecule is Cc1cc(CSc2ccccc2C(=O)NC2CCCC(C(=O)NC(C)C)C2)on1. The van der Waals surface area contributed by atoms with Crippen LogP contribution < -0.4 is 10.6 Å². The van der Waals surface area contributed by atoms with E-state index in [4.69, 9.17) is 4.52 Å². The van der Waals surface area contributed by atoms with Crippen molar-refractivity contribution >= 4 is 23.6 Å². The summed E-state index contributed by atoms with van der Waals surface area (Å²) in [7, 11) is 0. The van der Waals surface area contributed by atoms with Gasteiger partial charge in [-0.15, -0.1) is 11.8 Å². The second-order valence-corrected chi connectivity index (χ2v) is 8.93. The third-order valence-corrected chi connectivity index (χ3v) is 6.09. The number of nitrogens with zero attached hydrogens (tertiary/aromatic N) is 1. The second kappa shape index (κ2) is 9.96. The molecule has 0 spiro atoms. The molecule has 0 radical (unpaired) electrons. The Morgan fingerprint density at radius 1 is 1.28 bits per heavy atom. The van der Waals surface area contributed by atoms with Crippen molar-refractivity contribution in [2.45, 2.75) is 69.2 Å². The smallest absolute Gasteiger partial charge is 0.252 e. The molecule has 29 heavy (non-hydrogen) atoms. The number of nitrogens with one attached hydrogen (secondary N) is 2. The molecule has 2 atom stereocenters. The van der Waals surface area contributed by atoms with Crippen LogP contribution in [0.5, 0.6) is 0 Å². The van der Waals surface area contributed by atoms with Gasteiger partial charge in [0.1, 0.15) is 5.76 Å². The van der Waals surface area contributed by atoms with Gasteiger partial charge in [0.25, 0.3) is 5.91 Å². The molecule has 3 rings (SSSR count). The van der Waals surface area contributed by atoms with Crippen molar-refractivity contribution < 1.29 is 14.1 Å². The van der Waals surface area contributed by atoms with E-state index in [1.165, 1.54) is 0 Å². The highest BCUT2D eigenvalue weighted by molar-refractivity contribution is 7.98. The highest BCUT2D eigenvalue weighted by atomic mass is 32.2. The van der Waals surface area contributed by atoms with Crippen LogP contribution in [0.3, 0.4) is 0 Å². The number of carbonyl (C=O) groups is 2. The maximum absolute atomic E-state index is 12.9. The van der Waals surface area contributed by atoms with Crippen molar-refractivity contribution in [3.05, 3.63) is 47.3 Å². The molecule has 1 aliphatic carbocycles. The molecule has 1 saturated carbocycles. The van der Waals surface area contributed by atoms with E-state index in [2.05, 4.69) is 15.8 Å². The third kappa shape index (κ3) is 6.10. The van der Waals surface area contributed by atoms with Crippen molar-refractivity contribution in [1.29, 1.82) is 0 Å². The van der Waals surface area contributed by atoms with Gasteiger partial charge < -0.3 is 15.2 Å². The monoisotopic (exact) mass is 415 g/mol. The van der Waals surface area contributed by atoms with E-state index in [-0.39, 0.29) is 29.8 Å². The van der Waals surface area contributed by atoms with Crippen molar-refractivity contribution in [3.63, 3.8) is 0 Å². The van der Waals surface area contributed by atoms with E-state index in [0.717, 1.165) is 35.6 Å². The van der Waals surface area contributed by atoms with E-state index in [0.29, 0.717) is 17.7 Å². The van der Waals surface area contributed by atoms with E-state index in [9.17, 15) is 9.59 Å². The van der Waals surface area contributed by atoms with Gasteiger partial charge in [0, 0.05) is 29.0 Å². The maximum Gasteiger partial charge on any atom is 0.252 e. The second-order valence-electron chi connectivity index (χ2n) is 7.92. The lowest BCUT2D eigenvalue weighted by Gasteiger charge is -2.29. The Kier molecular flexibility index (Phi) is 7.36. The average molecular weight is 416 g/mol. The van der Waals surface area contributed by atoms with Gasteiger partial charge >= 0.3 is 0 Å². The summed E-state index contributed by atoms with van der Waals surface area (Å²) in [6, 6.07) is 9.65. The van der Waals surface area contributed by atoms with Crippen LogP contribution in [-0.4, -0.2) is 29.1 Å². The summed E-state index contributed by atoms with van der Waals surface area (Å²) < 4.78 is 5.26. The minimum absolute atomic E-state index is 0.0224. The molecule has 0 bridgehead atoms. The molecule has 1 aliphatic rings. The van der Waals surface area contributed by atoms with Crippen molar-refractivity contribution in [3.8, 4) is 0 Å². The number of aryl methyl sites for hydroxylation is 1. The van der Waals surface area contributed by atoms with Gasteiger partial charge in [0.2, 0.25) is 5.91 Å². The molecular weight excluding hydrogens is 386 g/mol. The van der Waals surface area contributed by atoms with Crippen molar-refractivity contribution in [2.75, 3.05) is 0 Å².